The SMILES string of the molecule is CNC(C)c1ccc(N(C)CCc2ccccc2)cc1. The van der Waals surface area contributed by atoms with Crippen molar-refractivity contribution in [2.24, 2.45) is 0 Å². The predicted molar refractivity (Wildman–Crippen MR) is 87.3 cm³/mol. The summed E-state index contributed by atoms with van der Waals surface area (Å²) in [4.78, 5) is 2.31. The molecular weight excluding hydrogens is 244 g/mol. The Morgan fingerprint density at radius 3 is 2.25 bits per heavy atom. The monoisotopic (exact) mass is 268 g/mol. The van der Waals surface area contributed by atoms with Crippen molar-refractivity contribution >= 4 is 5.69 Å². The number of likely N-dealkylation sites (N-methyl/N-ethyl adjacent to an activating group) is 1. The molecule has 2 heteroatoms. The van der Waals surface area contributed by atoms with Gasteiger partial charge in [-0.3, -0.25) is 0 Å². The van der Waals surface area contributed by atoms with Gasteiger partial charge in [0, 0.05) is 25.3 Å². The van der Waals surface area contributed by atoms with E-state index >= 15 is 0 Å². The Morgan fingerprint density at radius 1 is 1.00 bits per heavy atom. The van der Waals surface area contributed by atoms with Crippen molar-refractivity contribution in [3.05, 3.63) is 65.7 Å². The van der Waals surface area contributed by atoms with Crippen molar-refractivity contribution in [3.8, 4) is 0 Å². The Labute approximate surface area is 122 Å². The Hall–Kier alpha value is -1.80. The third-order valence-electron chi connectivity index (χ3n) is 3.85. The summed E-state index contributed by atoms with van der Waals surface area (Å²) in [6, 6.07) is 19.9. The maximum atomic E-state index is 3.26. The van der Waals surface area contributed by atoms with Gasteiger partial charge in [0.05, 0.1) is 0 Å². The van der Waals surface area contributed by atoms with Gasteiger partial charge in [0.1, 0.15) is 0 Å². The van der Waals surface area contributed by atoms with Crippen molar-refractivity contribution in [1.82, 2.24) is 5.32 Å². The summed E-state index contributed by atoms with van der Waals surface area (Å²) >= 11 is 0. The molecule has 0 amide bonds. The van der Waals surface area contributed by atoms with Crippen LogP contribution >= 0.6 is 0 Å². The van der Waals surface area contributed by atoms with Crippen LogP contribution in [0.2, 0.25) is 0 Å². The predicted octanol–water partition coefficient (Wildman–Crippen LogP) is 3.65. The molecule has 0 aromatic heterocycles. The fourth-order valence-electron chi connectivity index (χ4n) is 2.25. The number of rotatable bonds is 6. The summed E-state index contributed by atoms with van der Waals surface area (Å²) in [5, 5.41) is 3.26. The van der Waals surface area contributed by atoms with Gasteiger partial charge in [-0.25, -0.2) is 0 Å². The molecule has 0 aliphatic carbocycles. The molecule has 0 fully saturated rings. The zero-order valence-corrected chi connectivity index (χ0v) is 12.6. The zero-order valence-electron chi connectivity index (χ0n) is 12.6. The molecule has 0 spiro atoms. The second-order valence-electron chi connectivity index (χ2n) is 5.26. The summed E-state index contributed by atoms with van der Waals surface area (Å²) in [5.41, 5.74) is 3.99. The van der Waals surface area contributed by atoms with E-state index in [9.17, 15) is 0 Å². The molecule has 2 nitrogen and oxygen atoms in total. The average molecular weight is 268 g/mol. The molecule has 0 aliphatic rings. The molecule has 1 N–H and O–H groups in total. The van der Waals surface area contributed by atoms with Crippen LogP contribution in [0.5, 0.6) is 0 Å². The van der Waals surface area contributed by atoms with Crippen molar-refractivity contribution in [2.45, 2.75) is 19.4 Å². The van der Waals surface area contributed by atoms with Gasteiger partial charge in [-0.05, 0) is 43.7 Å². The van der Waals surface area contributed by atoms with Gasteiger partial charge in [-0.15, -0.1) is 0 Å². The lowest BCUT2D eigenvalue weighted by Gasteiger charge is -2.20. The second-order valence-corrected chi connectivity index (χ2v) is 5.26. The van der Waals surface area contributed by atoms with E-state index in [-0.39, 0.29) is 0 Å². The molecule has 0 saturated carbocycles. The maximum Gasteiger partial charge on any atom is 0.0363 e. The molecule has 0 heterocycles. The Kier molecular flexibility index (Phi) is 5.19. The van der Waals surface area contributed by atoms with E-state index in [1.54, 1.807) is 0 Å². The van der Waals surface area contributed by atoms with E-state index in [1.807, 2.05) is 7.05 Å². The summed E-state index contributed by atoms with van der Waals surface area (Å²) in [6.07, 6.45) is 1.08. The van der Waals surface area contributed by atoms with Crippen molar-refractivity contribution < 1.29 is 0 Å². The van der Waals surface area contributed by atoms with E-state index in [0.717, 1.165) is 13.0 Å². The van der Waals surface area contributed by atoms with E-state index in [0.29, 0.717) is 6.04 Å². The zero-order chi connectivity index (χ0) is 14.4. The Morgan fingerprint density at radius 2 is 1.65 bits per heavy atom. The average Bonchev–Trinajstić information content (AvgIpc) is 2.53. The lowest BCUT2D eigenvalue weighted by atomic mass is 10.1. The van der Waals surface area contributed by atoms with Crippen molar-refractivity contribution in [3.63, 3.8) is 0 Å². The van der Waals surface area contributed by atoms with Crippen LogP contribution in [0.15, 0.2) is 54.6 Å². The highest BCUT2D eigenvalue weighted by Crippen LogP contribution is 2.18. The van der Waals surface area contributed by atoms with Crippen LogP contribution in [0.25, 0.3) is 0 Å². The van der Waals surface area contributed by atoms with Crippen LogP contribution in [0, 0.1) is 0 Å². The van der Waals surface area contributed by atoms with Gasteiger partial charge < -0.3 is 10.2 Å². The number of hydrogen-bond acceptors (Lipinski definition) is 2. The summed E-state index contributed by atoms with van der Waals surface area (Å²) in [7, 11) is 4.14. The molecular formula is C18H24N2. The molecule has 2 rings (SSSR count). The van der Waals surface area contributed by atoms with E-state index in [4.69, 9.17) is 0 Å². The van der Waals surface area contributed by atoms with Crippen LogP contribution in [-0.4, -0.2) is 20.6 Å². The molecule has 2 aromatic carbocycles. The highest BCUT2D eigenvalue weighted by Gasteiger charge is 2.04. The largest absolute Gasteiger partial charge is 0.374 e. The van der Waals surface area contributed by atoms with Gasteiger partial charge in [0.15, 0.2) is 0 Å². The molecule has 106 valence electrons. The van der Waals surface area contributed by atoms with Crippen LogP contribution in [-0.2, 0) is 6.42 Å². The number of nitrogens with zero attached hydrogens (tertiary/aromatic N) is 1. The van der Waals surface area contributed by atoms with Gasteiger partial charge in [0.2, 0.25) is 0 Å². The summed E-state index contributed by atoms with van der Waals surface area (Å²) in [6.45, 7) is 3.21. The smallest absolute Gasteiger partial charge is 0.0363 e. The van der Waals surface area contributed by atoms with E-state index in [2.05, 4.69) is 78.8 Å². The summed E-state index contributed by atoms with van der Waals surface area (Å²) in [5.74, 6) is 0. The van der Waals surface area contributed by atoms with Gasteiger partial charge in [-0.1, -0.05) is 42.5 Å². The van der Waals surface area contributed by atoms with Gasteiger partial charge in [0.25, 0.3) is 0 Å². The number of anilines is 1. The lowest BCUT2D eigenvalue weighted by molar-refractivity contribution is 0.652. The Bertz CT molecular complexity index is 505. The normalized spacial score (nSPS) is 12.2. The fraction of sp³-hybridized carbons (Fsp3) is 0.333. The van der Waals surface area contributed by atoms with E-state index < -0.39 is 0 Å². The molecule has 0 bridgehead atoms. The minimum atomic E-state index is 0.402. The molecule has 0 aliphatic heterocycles. The molecule has 1 atom stereocenters. The van der Waals surface area contributed by atoms with E-state index in [1.165, 1.54) is 16.8 Å². The fourth-order valence-corrected chi connectivity index (χ4v) is 2.25. The minimum absolute atomic E-state index is 0.402. The number of nitrogens with one attached hydrogen (secondary N) is 1. The topological polar surface area (TPSA) is 15.3 Å². The van der Waals surface area contributed by atoms with Crippen LogP contribution in [0.4, 0.5) is 5.69 Å². The van der Waals surface area contributed by atoms with Crippen LogP contribution in [0.3, 0.4) is 0 Å². The van der Waals surface area contributed by atoms with Crippen molar-refractivity contribution in [2.75, 3.05) is 25.5 Å². The third-order valence-corrected chi connectivity index (χ3v) is 3.85. The first-order valence-corrected chi connectivity index (χ1v) is 7.23. The molecule has 20 heavy (non-hydrogen) atoms. The standard InChI is InChI=1S/C18H24N2/c1-15(19-2)17-9-11-18(12-10-17)20(3)14-13-16-7-5-4-6-8-16/h4-12,15,19H,13-14H2,1-3H3. The highest BCUT2D eigenvalue weighted by atomic mass is 15.1. The van der Waals surface area contributed by atoms with Gasteiger partial charge in [-0.2, -0.15) is 0 Å². The maximum absolute atomic E-state index is 3.26. The quantitative estimate of drug-likeness (QED) is 0.860. The first-order chi connectivity index (χ1) is 9.70. The minimum Gasteiger partial charge on any atom is -0.374 e. The molecule has 0 saturated heterocycles. The number of benzene rings is 2. The lowest BCUT2D eigenvalue weighted by Crippen LogP contribution is -2.20. The van der Waals surface area contributed by atoms with Crippen molar-refractivity contribution in [1.29, 1.82) is 0 Å². The number of hydrogen-bond donors (Lipinski definition) is 1. The first kappa shape index (κ1) is 14.6. The third kappa shape index (κ3) is 3.84. The first-order valence-electron chi connectivity index (χ1n) is 7.23. The summed E-state index contributed by atoms with van der Waals surface area (Å²) < 4.78 is 0. The highest BCUT2D eigenvalue weighted by molar-refractivity contribution is 5.47. The Balaban J connectivity index is 1.94. The van der Waals surface area contributed by atoms with Crippen LogP contribution in [0.1, 0.15) is 24.1 Å². The van der Waals surface area contributed by atoms with Gasteiger partial charge >= 0.3 is 0 Å². The molecule has 0 radical (unpaired) electrons. The molecule has 2 aromatic rings. The van der Waals surface area contributed by atoms with Crippen LogP contribution < -0.4 is 10.2 Å². The molecule has 1 unspecified atom stereocenters. The second kappa shape index (κ2) is 7.11.